The fourth-order valence-corrected chi connectivity index (χ4v) is 1.98. The smallest absolute Gasteiger partial charge is 0.268 e. The molecule has 0 saturated carbocycles. The summed E-state index contributed by atoms with van der Waals surface area (Å²) in [7, 11) is 1.61. The number of rotatable bonds is 5. The summed E-state index contributed by atoms with van der Waals surface area (Å²) in [5.74, 6) is 0.451. The molecular weight excluding hydrogens is 268 g/mol. The molecule has 0 aliphatic carbocycles. The zero-order valence-corrected chi connectivity index (χ0v) is 12.3. The van der Waals surface area contributed by atoms with Crippen LogP contribution in [0.1, 0.15) is 46.3 Å². The van der Waals surface area contributed by atoms with Crippen LogP contribution >= 0.6 is 0 Å². The van der Waals surface area contributed by atoms with E-state index in [0.717, 1.165) is 11.3 Å². The molecule has 0 spiro atoms. The quantitative estimate of drug-likeness (QED) is 0.830. The first-order valence-electron chi connectivity index (χ1n) is 6.65. The average Bonchev–Trinajstić information content (AvgIpc) is 2.97. The number of amides is 1. The third-order valence-corrected chi connectivity index (χ3v) is 3.30. The number of hydrogen-bond acceptors (Lipinski definition) is 3. The summed E-state index contributed by atoms with van der Waals surface area (Å²) in [6, 6.07) is 8.91. The molecule has 2 N–H and O–H groups in total. The van der Waals surface area contributed by atoms with Crippen LogP contribution in [-0.4, -0.2) is 23.8 Å². The fraction of sp³-hybridized carbons (Fsp3) is 0.250. The van der Waals surface area contributed by atoms with E-state index >= 15 is 0 Å². The molecule has 1 aromatic heterocycles. The van der Waals surface area contributed by atoms with Gasteiger partial charge in [-0.3, -0.25) is 9.59 Å². The van der Waals surface area contributed by atoms with Crippen molar-refractivity contribution >= 4 is 11.7 Å². The first-order valence-corrected chi connectivity index (χ1v) is 6.65. The van der Waals surface area contributed by atoms with Crippen molar-refractivity contribution in [3.8, 4) is 5.75 Å². The minimum absolute atomic E-state index is 0.0755. The van der Waals surface area contributed by atoms with Crippen LogP contribution < -0.4 is 10.1 Å². The molecule has 21 heavy (non-hydrogen) atoms. The summed E-state index contributed by atoms with van der Waals surface area (Å²) in [5.41, 5.74) is 1.85. The van der Waals surface area contributed by atoms with E-state index in [1.54, 1.807) is 13.2 Å². The van der Waals surface area contributed by atoms with Gasteiger partial charge in [-0.15, -0.1) is 0 Å². The van der Waals surface area contributed by atoms with Crippen LogP contribution in [0.3, 0.4) is 0 Å². The molecule has 5 nitrogen and oxygen atoms in total. The number of aromatic nitrogens is 1. The second kappa shape index (κ2) is 6.26. The Morgan fingerprint density at radius 1 is 1.24 bits per heavy atom. The Hall–Kier alpha value is -2.56. The van der Waals surface area contributed by atoms with Crippen molar-refractivity contribution < 1.29 is 14.3 Å². The van der Waals surface area contributed by atoms with Gasteiger partial charge >= 0.3 is 0 Å². The molecule has 0 radical (unpaired) electrons. The van der Waals surface area contributed by atoms with Crippen molar-refractivity contribution in [2.24, 2.45) is 0 Å². The highest BCUT2D eigenvalue weighted by molar-refractivity contribution is 5.99. The van der Waals surface area contributed by atoms with Crippen LogP contribution in [0.5, 0.6) is 5.75 Å². The van der Waals surface area contributed by atoms with Crippen LogP contribution in [-0.2, 0) is 0 Å². The minimum Gasteiger partial charge on any atom is -0.497 e. The van der Waals surface area contributed by atoms with Gasteiger partial charge in [0.25, 0.3) is 5.91 Å². The number of aromatic amines is 1. The molecule has 0 aliphatic rings. The Kier molecular flexibility index (Phi) is 4.42. The number of carbonyl (C=O) groups is 2. The van der Waals surface area contributed by atoms with E-state index in [-0.39, 0.29) is 17.7 Å². The Bertz CT molecular complexity index is 644. The number of ketones is 1. The maximum Gasteiger partial charge on any atom is 0.268 e. The molecule has 0 saturated heterocycles. The SMILES string of the molecule is COc1ccc(C(C)NC(=O)c2cc(C(C)=O)c[nH]2)cc1. The van der Waals surface area contributed by atoms with Crippen molar-refractivity contribution in [1.29, 1.82) is 0 Å². The summed E-state index contributed by atoms with van der Waals surface area (Å²) < 4.78 is 5.10. The van der Waals surface area contributed by atoms with Gasteiger partial charge in [0.1, 0.15) is 11.4 Å². The molecule has 2 aromatic rings. The predicted molar refractivity (Wildman–Crippen MR) is 79.7 cm³/mol. The zero-order chi connectivity index (χ0) is 15.4. The van der Waals surface area contributed by atoms with E-state index in [1.807, 2.05) is 31.2 Å². The number of benzene rings is 1. The van der Waals surface area contributed by atoms with Gasteiger partial charge in [0, 0.05) is 11.8 Å². The number of ether oxygens (including phenoxy) is 1. The standard InChI is InChI=1S/C16H18N2O3/c1-10(12-4-6-14(21-3)7-5-12)18-16(20)15-8-13(9-17-15)11(2)19/h4-10,17H,1-3H3,(H,18,20). The molecule has 5 heteroatoms. The second-order valence-electron chi connectivity index (χ2n) is 4.83. The molecule has 1 aromatic carbocycles. The lowest BCUT2D eigenvalue weighted by Crippen LogP contribution is -2.26. The van der Waals surface area contributed by atoms with Gasteiger partial charge in [-0.2, -0.15) is 0 Å². The van der Waals surface area contributed by atoms with Crippen LogP contribution in [0.2, 0.25) is 0 Å². The lowest BCUT2D eigenvalue weighted by atomic mass is 10.1. The molecule has 110 valence electrons. The third-order valence-electron chi connectivity index (χ3n) is 3.30. The number of methoxy groups -OCH3 is 1. The maximum absolute atomic E-state index is 12.1. The molecule has 0 bridgehead atoms. The molecule has 1 atom stereocenters. The van der Waals surface area contributed by atoms with Crippen molar-refractivity contribution in [3.05, 3.63) is 53.3 Å². The van der Waals surface area contributed by atoms with Crippen molar-refractivity contribution in [2.45, 2.75) is 19.9 Å². The summed E-state index contributed by atoms with van der Waals surface area (Å²) in [6.45, 7) is 3.36. The number of Topliss-reactive ketones (excluding diaryl/α,β-unsaturated/α-hetero) is 1. The highest BCUT2D eigenvalue weighted by Gasteiger charge is 2.14. The van der Waals surface area contributed by atoms with Crippen molar-refractivity contribution in [2.75, 3.05) is 7.11 Å². The van der Waals surface area contributed by atoms with Gasteiger partial charge in [-0.05, 0) is 37.6 Å². The van der Waals surface area contributed by atoms with Crippen LogP contribution in [0.4, 0.5) is 0 Å². The van der Waals surface area contributed by atoms with E-state index in [1.165, 1.54) is 13.1 Å². The minimum atomic E-state index is -0.245. The van der Waals surface area contributed by atoms with Gasteiger partial charge in [0.05, 0.1) is 13.2 Å². The van der Waals surface area contributed by atoms with Gasteiger partial charge in [-0.25, -0.2) is 0 Å². The predicted octanol–water partition coefficient (Wildman–Crippen LogP) is 2.72. The van der Waals surface area contributed by atoms with E-state index in [2.05, 4.69) is 10.3 Å². The van der Waals surface area contributed by atoms with E-state index in [9.17, 15) is 9.59 Å². The molecule has 0 fully saturated rings. The first-order chi connectivity index (χ1) is 10.0. The third kappa shape index (κ3) is 3.51. The normalized spacial score (nSPS) is 11.8. The monoisotopic (exact) mass is 286 g/mol. The van der Waals surface area contributed by atoms with Crippen LogP contribution in [0.15, 0.2) is 36.5 Å². The molecule has 2 rings (SSSR count). The number of carbonyl (C=O) groups excluding carboxylic acids is 2. The fourth-order valence-electron chi connectivity index (χ4n) is 1.98. The lowest BCUT2D eigenvalue weighted by molar-refractivity contribution is 0.0935. The van der Waals surface area contributed by atoms with E-state index in [0.29, 0.717) is 11.3 Å². The zero-order valence-electron chi connectivity index (χ0n) is 12.3. The maximum atomic E-state index is 12.1. The largest absolute Gasteiger partial charge is 0.497 e. The Morgan fingerprint density at radius 3 is 2.43 bits per heavy atom. The van der Waals surface area contributed by atoms with E-state index < -0.39 is 0 Å². The number of H-pyrrole nitrogens is 1. The van der Waals surface area contributed by atoms with Crippen molar-refractivity contribution in [1.82, 2.24) is 10.3 Å². The van der Waals surface area contributed by atoms with Crippen LogP contribution in [0, 0.1) is 0 Å². The second-order valence-corrected chi connectivity index (χ2v) is 4.83. The van der Waals surface area contributed by atoms with E-state index in [4.69, 9.17) is 4.74 Å². The summed E-state index contributed by atoms with van der Waals surface area (Å²) >= 11 is 0. The molecule has 1 unspecified atom stereocenters. The highest BCUT2D eigenvalue weighted by Crippen LogP contribution is 2.17. The van der Waals surface area contributed by atoms with Gasteiger partial charge in [0.15, 0.2) is 5.78 Å². The number of nitrogens with one attached hydrogen (secondary N) is 2. The Balaban J connectivity index is 2.05. The first kappa shape index (κ1) is 14.8. The number of hydrogen-bond donors (Lipinski definition) is 2. The summed E-state index contributed by atoms with van der Waals surface area (Å²) in [4.78, 5) is 26.1. The van der Waals surface area contributed by atoms with Gasteiger partial charge in [-0.1, -0.05) is 12.1 Å². The molecule has 1 heterocycles. The summed E-state index contributed by atoms with van der Waals surface area (Å²) in [5, 5.41) is 2.88. The average molecular weight is 286 g/mol. The Morgan fingerprint density at radius 2 is 1.90 bits per heavy atom. The Labute approximate surface area is 123 Å². The van der Waals surface area contributed by atoms with Crippen LogP contribution in [0.25, 0.3) is 0 Å². The van der Waals surface area contributed by atoms with Gasteiger partial charge < -0.3 is 15.0 Å². The van der Waals surface area contributed by atoms with Gasteiger partial charge in [0.2, 0.25) is 0 Å². The summed E-state index contributed by atoms with van der Waals surface area (Å²) in [6.07, 6.45) is 1.54. The molecule has 0 aliphatic heterocycles. The van der Waals surface area contributed by atoms with Crippen molar-refractivity contribution in [3.63, 3.8) is 0 Å². The molecular formula is C16H18N2O3. The lowest BCUT2D eigenvalue weighted by Gasteiger charge is -2.14. The highest BCUT2D eigenvalue weighted by atomic mass is 16.5. The topological polar surface area (TPSA) is 71.2 Å². The molecule has 1 amide bonds.